The maximum atomic E-state index is 11.6. The zero-order valence-electron chi connectivity index (χ0n) is 13.4. The fourth-order valence-corrected chi connectivity index (χ4v) is 3.97. The summed E-state index contributed by atoms with van der Waals surface area (Å²) >= 11 is 3.56. The number of aryl methyl sites for hydroxylation is 2. The Kier molecular flexibility index (Phi) is 4.33. The lowest BCUT2D eigenvalue weighted by Gasteiger charge is -2.34. The van der Waals surface area contributed by atoms with Crippen LogP contribution in [0.3, 0.4) is 0 Å². The van der Waals surface area contributed by atoms with Gasteiger partial charge < -0.3 is 4.90 Å². The zero-order chi connectivity index (χ0) is 16.8. The van der Waals surface area contributed by atoms with Gasteiger partial charge in [0, 0.05) is 36.0 Å². The molecule has 2 aromatic rings. The summed E-state index contributed by atoms with van der Waals surface area (Å²) in [6.07, 6.45) is 1.25. The number of hydrogen-bond acceptors (Lipinski definition) is 5. The van der Waals surface area contributed by atoms with Gasteiger partial charge in [0.2, 0.25) is 10.0 Å². The molecule has 1 fully saturated rings. The third kappa shape index (κ3) is 3.20. The number of rotatable bonds is 2. The van der Waals surface area contributed by atoms with Crippen LogP contribution in [0.15, 0.2) is 16.6 Å². The van der Waals surface area contributed by atoms with E-state index in [0.717, 1.165) is 32.6 Å². The van der Waals surface area contributed by atoms with Crippen molar-refractivity contribution >= 4 is 42.8 Å². The van der Waals surface area contributed by atoms with Gasteiger partial charge in [-0.05, 0) is 47.5 Å². The first-order valence-corrected chi connectivity index (χ1v) is 10.0. The van der Waals surface area contributed by atoms with Crippen molar-refractivity contribution in [3.05, 3.63) is 27.9 Å². The summed E-state index contributed by atoms with van der Waals surface area (Å²) in [5, 5.41) is 1.03. The van der Waals surface area contributed by atoms with Crippen molar-refractivity contribution in [3.8, 4) is 0 Å². The van der Waals surface area contributed by atoms with Gasteiger partial charge in [0.05, 0.1) is 11.9 Å². The molecule has 0 saturated carbocycles. The van der Waals surface area contributed by atoms with Gasteiger partial charge in [-0.25, -0.2) is 18.4 Å². The van der Waals surface area contributed by atoms with Crippen LogP contribution in [0.5, 0.6) is 0 Å². The van der Waals surface area contributed by atoms with E-state index in [1.54, 1.807) is 0 Å². The highest BCUT2D eigenvalue weighted by Gasteiger charge is 2.24. The number of anilines is 1. The van der Waals surface area contributed by atoms with Crippen molar-refractivity contribution < 1.29 is 8.42 Å². The van der Waals surface area contributed by atoms with Gasteiger partial charge in [-0.3, -0.25) is 0 Å². The number of nitrogens with zero attached hydrogens (tertiary/aromatic N) is 4. The molecule has 0 atom stereocenters. The molecule has 0 aromatic carbocycles. The van der Waals surface area contributed by atoms with Gasteiger partial charge in [-0.1, -0.05) is 0 Å². The molecule has 1 saturated heterocycles. The minimum absolute atomic E-state index is 0.490. The molecule has 8 heteroatoms. The molecule has 1 aliphatic heterocycles. The Morgan fingerprint density at radius 1 is 1.09 bits per heavy atom. The first kappa shape index (κ1) is 16.6. The highest BCUT2D eigenvalue weighted by Crippen LogP contribution is 2.27. The molecule has 0 amide bonds. The fourth-order valence-electron chi connectivity index (χ4n) is 2.84. The van der Waals surface area contributed by atoms with Crippen LogP contribution in [-0.4, -0.2) is 55.1 Å². The molecule has 0 spiro atoms. The molecular weight excluding hydrogens is 380 g/mol. The monoisotopic (exact) mass is 398 g/mol. The molecule has 1 aliphatic rings. The average molecular weight is 399 g/mol. The summed E-state index contributed by atoms with van der Waals surface area (Å²) in [5.74, 6) is 0.847. The normalized spacial score (nSPS) is 17.0. The van der Waals surface area contributed by atoms with E-state index < -0.39 is 10.0 Å². The van der Waals surface area contributed by atoms with Crippen LogP contribution in [0.2, 0.25) is 0 Å². The minimum Gasteiger partial charge on any atom is -0.354 e. The third-order valence-corrected chi connectivity index (χ3v) is 6.69. The Bertz CT molecular complexity index is 861. The van der Waals surface area contributed by atoms with E-state index in [4.69, 9.17) is 0 Å². The number of halogens is 1. The van der Waals surface area contributed by atoms with Crippen LogP contribution < -0.4 is 4.90 Å². The number of sulfonamides is 1. The zero-order valence-corrected chi connectivity index (χ0v) is 15.8. The van der Waals surface area contributed by atoms with Crippen molar-refractivity contribution in [2.75, 3.05) is 37.3 Å². The summed E-state index contributed by atoms with van der Waals surface area (Å²) in [6, 6.07) is 4.02. The lowest BCUT2D eigenvalue weighted by molar-refractivity contribution is 0.387. The van der Waals surface area contributed by atoms with Crippen molar-refractivity contribution in [3.63, 3.8) is 0 Å². The molecule has 3 rings (SSSR count). The SMILES string of the molecule is Cc1nc2nc(N3CCN(S(C)(=O)=O)CC3)ccc2c(C)c1Br. The molecular formula is C15H19BrN4O2S. The van der Waals surface area contributed by atoms with Crippen molar-refractivity contribution in [1.29, 1.82) is 0 Å². The summed E-state index contributed by atoms with van der Waals surface area (Å²) < 4.78 is 25.7. The first-order chi connectivity index (χ1) is 10.8. The van der Waals surface area contributed by atoms with E-state index in [1.165, 1.54) is 10.6 Å². The van der Waals surface area contributed by atoms with Gasteiger partial charge >= 0.3 is 0 Å². The lowest BCUT2D eigenvalue weighted by Crippen LogP contribution is -2.48. The molecule has 3 heterocycles. The van der Waals surface area contributed by atoms with E-state index in [0.29, 0.717) is 26.2 Å². The predicted molar refractivity (Wildman–Crippen MR) is 95.3 cm³/mol. The molecule has 0 N–H and O–H groups in total. The van der Waals surface area contributed by atoms with Crippen LogP contribution in [-0.2, 0) is 10.0 Å². The van der Waals surface area contributed by atoms with E-state index in [2.05, 4.69) is 30.8 Å². The summed E-state index contributed by atoms with van der Waals surface area (Å²) in [4.78, 5) is 11.3. The van der Waals surface area contributed by atoms with Crippen LogP contribution >= 0.6 is 15.9 Å². The van der Waals surface area contributed by atoms with Crippen LogP contribution in [0.4, 0.5) is 5.82 Å². The Morgan fingerprint density at radius 2 is 1.74 bits per heavy atom. The van der Waals surface area contributed by atoms with E-state index in [-0.39, 0.29) is 0 Å². The quantitative estimate of drug-likeness (QED) is 0.774. The van der Waals surface area contributed by atoms with Gasteiger partial charge in [-0.2, -0.15) is 4.31 Å². The van der Waals surface area contributed by atoms with Gasteiger partial charge in [-0.15, -0.1) is 0 Å². The van der Waals surface area contributed by atoms with E-state index in [9.17, 15) is 8.42 Å². The van der Waals surface area contributed by atoms with E-state index in [1.807, 2.05) is 26.0 Å². The van der Waals surface area contributed by atoms with Gasteiger partial charge in [0.15, 0.2) is 5.65 Å². The predicted octanol–water partition coefficient (Wildman–Crippen LogP) is 2.09. The second kappa shape index (κ2) is 5.99. The standard InChI is InChI=1S/C15H19BrN4O2S/c1-10-12-4-5-13(18-15(12)17-11(2)14(10)16)19-6-8-20(9-7-19)23(3,21)22/h4-5H,6-9H2,1-3H3. The number of piperazine rings is 1. The molecule has 0 radical (unpaired) electrons. The average Bonchev–Trinajstić information content (AvgIpc) is 2.51. The Balaban J connectivity index is 1.89. The highest BCUT2D eigenvalue weighted by atomic mass is 79.9. The number of aromatic nitrogens is 2. The topological polar surface area (TPSA) is 66.4 Å². The maximum absolute atomic E-state index is 11.6. The summed E-state index contributed by atoms with van der Waals surface area (Å²) in [5.41, 5.74) is 2.78. The summed E-state index contributed by atoms with van der Waals surface area (Å²) in [6.45, 7) is 6.26. The van der Waals surface area contributed by atoms with Crippen LogP contribution in [0.25, 0.3) is 11.0 Å². The van der Waals surface area contributed by atoms with Gasteiger partial charge in [0.25, 0.3) is 0 Å². The van der Waals surface area contributed by atoms with Crippen LogP contribution in [0, 0.1) is 13.8 Å². The Hall–Kier alpha value is -1.25. The molecule has 0 aliphatic carbocycles. The smallest absolute Gasteiger partial charge is 0.211 e. The minimum atomic E-state index is -3.11. The van der Waals surface area contributed by atoms with Gasteiger partial charge in [0.1, 0.15) is 5.82 Å². The number of pyridine rings is 2. The largest absolute Gasteiger partial charge is 0.354 e. The Labute approximate surface area is 144 Å². The molecule has 23 heavy (non-hydrogen) atoms. The first-order valence-electron chi connectivity index (χ1n) is 7.41. The second-order valence-electron chi connectivity index (χ2n) is 5.83. The second-order valence-corrected chi connectivity index (χ2v) is 8.60. The fraction of sp³-hybridized carbons (Fsp3) is 0.467. The van der Waals surface area contributed by atoms with Crippen molar-refractivity contribution in [1.82, 2.24) is 14.3 Å². The Morgan fingerprint density at radius 3 is 2.35 bits per heavy atom. The third-order valence-electron chi connectivity index (χ3n) is 4.22. The number of hydrogen-bond donors (Lipinski definition) is 0. The maximum Gasteiger partial charge on any atom is 0.211 e. The number of fused-ring (bicyclic) bond motifs is 1. The lowest BCUT2D eigenvalue weighted by atomic mass is 10.1. The highest BCUT2D eigenvalue weighted by molar-refractivity contribution is 9.10. The molecule has 6 nitrogen and oxygen atoms in total. The molecule has 124 valence electrons. The van der Waals surface area contributed by atoms with Crippen LogP contribution in [0.1, 0.15) is 11.3 Å². The van der Waals surface area contributed by atoms with Crippen molar-refractivity contribution in [2.24, 2.45) is 0 Å². The molecule has 2 aromatic heterocycles. The molecule has 0 unspecified atom stereocenters. The van der Waals surface area contributed by atoms with E-state index >= 15 is 0 Å². The van der Waals surface area contributed by atoms with Crippen molar-refractivity contribution in [2.45, 2.75) is 13.8 Å². The summed E-state index contributed by atoms with van der Waals surface area (Å²) in [7, 11) is -3.11. The molecule has 0 bridgehead atoms.